The van der Waals surface area contributed by atoms with Gasteiger partial charge in [0.05, 0.1) is 13.2 Å². The molecular formula is C38H68N2O7. The van der Waals surface area contributed by atoms with Gasteiger partial charge in [0.1, 0.15) is 12.1 Å². The Labute approximate surface area is 285 Å². The summed E-state index contributed by atoms with van der Waals surface area (Å²) in [5.74, 6) is -2.42. The Morgan fingerprint density at radius 2 is 1.21 bits per heavy atom. The number of amides is 2. The van der Waals surface area contributed by atoms with Gasteiger partial charge in [0, 0.05) is 12.8 Å². The predicted molar refractivity (Wildman–Crippen MR) is 190 cm³/mol. The fraction of sp³-hybridized carbons (Fsp3) is 0.789. The minimum Gasteiger partial charge on any atom is -0.480 e. The van der Waals surface area contributed by atoms with Gasteiger partial charge >= 0.3 is 11.9 Å². The third-order valence-electron chi connectivity index (χ3n) is 8.19. The normalized spacial score (nSPS) is 12.7. The molecule has 9 heteroatoms. The molecule has 2 unspecified atom stereocenters. The minimum atomic E-state index is -1.39. The van der Waals surface area contributed by atoms with Crippen molar-refractivity contribution in [3.8, 4) is 0 Å². The Balaban J connectivity index is 4.39. The van der Waals surface area contributed by atoms with Crippen LogP contribution >= 0.6 is 0 Å². The fourth-order valence-corrected chi connectivity index (χ4v) is 5.25. The summed E-state index contributed by atoms with van der Waals surface area (Å²) >= 11 is 0. The number of carboxylic acids is 1. The number of carbonyl (C=O) groups excluding carboxylic acids is 3. The van der Waals surface area contributed by atoms with Crippen LogP contribution in [0.25, 0.3) is 0 Å². The van der Waals surface area contributed by atoms with Crippen LogP contribution in [0.5, 0.6) is 0 Å². The lowest BCUT2D eigenvalue weighted by atomic mass is 10.1. The first-order valence-corrected chi connectivity index (χ1v) is 18.7. The highest BCUT2D eigenvalue weighted by Crippen LogP contribution is 2.15. The van der Waals surface area contributed by atoms with Gasteiger partial charge in [-0.1, -0.05) is 128 Å². The number of esters is 1. The zero-order valence-corrected chi connectivity index (χ0v) is 29.8. The van der Waals surface area contributed by atoms with E-state index in [1.807, 2.05) is 6.08 Å². The molecule has 0 heterocycles. The molecular weight excluding hydrogens is 596 g/mol. The molecule has 0 bridgehead atoms. The monoisotopic (exact) mass is 665 g/mol. The maximum atomic E-state index is 12.6. The molecule has 0 aliphatic carbocycles. The van der Waals surface area contributed by atoms with Crippen molar-refractivity contribution in [2.24, 2.45) is 0 Å². The van der Waals surface area contributed by atoms with Gasteiger partial charge < -0.3 is 25.6 Å². The number of rotatable bonds is 33. The van der Waals surface area contributed by atoms with E-state index in [0.29, 0.717) is 12.8 Å². The summed E-state index contributed by atoms with van der Waals surface area (Å²) < 4.78 is 5.86. The van der Waals surface area contributed by atoms with Crippen LogP contribution in [-0.4, -0.2) is 59.3 Å². The molecule has 0 spiro atoms. The molecule has 0 aromatic carbocycles. The van der Waals surface area contributed by atoms with Crippen molar-refractivity contribution in [1.29, 1.82) is 0 Å². The van der Waals surface area contributed by atoms with E-state index in [-0.39, 0.29) is 30.9 Å². The SMILES string of the molecule is CCCCCC/C=C\C/C=C\C(CCCCCCC(=O)NCC(=O)NC(CO)C(=O)O)OC(=O)CCCCCCCCCCCCC. The average Bonchev–Trinajstić information content (AvgIpc) is 3.05. The predicted octanol–water partition coefficient (Wildman–Crippen LogP) is 8.09. The fourth-order valence-electron chi connectivity index (χ4n) is 5.25. The van der Waals surface area contributed by atoms with Crippen LogP contribution in [0.2, 0.25) is 0 Å². The van der Waals surface area contributed by atoms with Crippen LogP contribution in [0.4, 0.5) is 0 Å². The minimum absolute atomic E-state index is 0.128. The van der Waals surface area contributed by atoms with Gasteiger partial charge in [0.15, 0.2) is 0 Å². The summed E-state index contributed by atoms with van der Waals surface area (Å²) in [6.07, 6.45) is 33.6. The molecule has 0 aliphatic heterocycles. The molecule has 0 radical (unpaired) electrons. The summed E-state index contributed by atoms with van der Waals surface area (Å²) in [6, 6.07) is -1.39. The Morgan fingerprint density at radius 1 is 0.660 bits per heavy atom. The summed E-state index contributed by atoms with van der Waals surface area (Å²) in [5.41, 5.74) is 0. The van der Waals surface area contributed by atoms with E-state index in [1.54, 1.807) is 0 Å². The smallest absolute Gasteiger partial charge is 0.328 e. The van der Waals surface area contributed by atoms with Crippen molar-refractivity contribution in [3.63, 3.8) is 0 Å². The van der Waals surface area contributed by atoms with Crippen LogP contribution in [0.1, 0.15) is 168 Å². The van der Waals surface area contributed by atoms with Crippen LogP contribution in [0, 0.1) is 0 Å². The Morgan fingerprint density at radius 3 is 1.81 bits per heavy atom. The van der Waals surface area contributed by atoms with E-state index in [4.69, 9.17) is 14.9 Å². The lowest BCUT2D eigenvalue weighted by Crippen LogP contribution is -2.47. The molecule has 2 amide bonds. The summed E-state index contributed by atoms with van der Waals surface area (Å²) in [5, 5.41) is 22.5. The Hall–Kier alpha value is -2.68. The molecule has 0 fully saturated rings. The van der Waals surface area contributed by atoms with E-state index in [1.165, 1.54) is 83.5 Å². The van der Waals surface area contributed by atoms with Gasteiger partial charge in [-0.25, -0.2) is 4.79 Å². The summed E-state index contributed by atoms with van der Waals surface area (Å²) in [7, 11) is 0. The van der Waals surface area contributed by atoms with Crippen molar-refractivity contribution >= 4 is 23.8 Å². The number of aliphatic carboxylic acids is 1. The van der Waals surface area contributed by atoms with Crippen molar-refractivity contribution in [2.45, 2.75) is 180 Å². The highest BCUT2D eigenvalue weighted by Gasteiger charge is 2.18. The number of allylic oxidation sites excluding steroid dienone is 3. The number of carboxylic acid groups (broad SMARTS) is 1. The molecule has 0 aromatic heterocycles. The van der Waals surface area contributed by atoms with E-state index >= 15 is 0 Å². The molecule has 2 atom stereocenters. The van der Waals surface area contributed by atoms with Gasteiger partial charge in [-0.2, -0.15) is 0 Å². The summed E-state index contributed by atoms with van der Waals surface area (Å²) in [6.45, 7) is 3.40. The van der Waals surface area contributed by atoms with E-state index in [2.05, 4.69) is 42.7 Å². The highest BCUT2D eigenvalue weighted by atomic mass is 16.5. The zero-order chi connectivity index (χ0) is 34.8. The number of hydrogen-bond donors (Lipinski definition) is 4. The third-order valence-corrected chi connectivity index (χ3v) is 8.19. The largest absolute Gasteiger partial charge is 0.480 e. The average molecular weight is 665 g/mol. The van der Waals surface area contributed by atoms with Gasteiger partial charge in [-0.3, -0.25) is 14.4 Å². The zero-order valence-electron chi connectivity index (χ0n) is 29.8. The first kappa shape index (κ1) is 44.3. The van der Waals surface area contributed by atoms with Crippen LogP contribution in [0.15, 0.2) is 24.3 Å². The van der Waals surface area contributed by atoms with Crippen molar-refractivity contribution < 1.29 is 34.1 Å². The van der Waals surface area contributed by atoms with E-state index in [9.17, 15) is 19.2 Å². The van der Waals surface area contributed by atoms with E-state index < -0.39 is 24.5 Å². The molecule has 0 aromatic rings. The molecule has 4 N–H and O–H groups in total. The topological polar surface area (TPSA) is 142 Å². The van der Waals surface area contributed by atoms with Gasteiger partial charge in [-0.05, 0) is 51.0 Å². The molecule has 47 heavy (non-hydrogen) atoms. The van der Waals surface area contributed by atoms with Gasteiger partial charge in [-0.15, -0.1) is 0 Å². The van der Waals surface area contributed by atoms with Crippen LogP contribution in [-0.2, 0) is 23.9 Å². The summed E-state index contributed by atoms with van der Waals surface area (Å²) in [4.78, 5) is 47.3. The molecule has 0 aliphatic rings. The Kier molecular flexibility index (Phi) is 31.3. The highest BCUT2D eigenvalue weighted by molar-refractivity contribution is 5.87. The maximum Gasteiger partial charge on any atom is 0.328 e. The number of unbranched alkanes of at least 4 members (excludes halogenated alkanes) is 17. The van der Waals surface area contributed by atoms with Gasteiger partial charge in [0.25, 0.3) is 0 Å². The molecule has 0 saturated heterocycles. The molecule has 272 valence electrons. The van der Waals surface area contributed by atoms with Crippen molar-refractivity contribution in [1.82, 2.24) is 10.6 Å². The number of aliphatic hydroxyl groups excluding tert-OH is 1. The van der Waals surface area contributed by atoms with Gasteiger partial charge in [0.2, 0.25) is 11.8 Å². The lowest BCUT2D eigenvalue weighted by molar-refractivity contribution is -0.147. The maximum absolute atomic E-state index is 12.6. The molecule has 0 rings (SSSR count). The lowest BCUT2D eigenvalue weighted by Gasteiger charge is -2.15. The Bertz CT molecular complexity index is 859. The number of hydrogen-bond acceptors (Lipinski definition) is 6. The quantitative estimate of drug-likeness (QED) is 0.0316. The van der Waals surface area contributed by atoms with E-state index in [0.717, 1.165) is 51.4 Å². The van der Waals surface area contributed by atoms with Crippen molar-refractivity contribution in [3.05, 3.63) is 24.3 Å². The first-order valence-electron chi connectivity index (χ1n) is 18.7. The third kappa shape index (κ3) is 30.4. The number of nitrogens with one attached hydrogen (secondary N) is 2. The number of aliphatic hydroxyl groups is 1. The second-order valence-electron chi connectivity index (χ2n) is 12.7. The van der Waals surface area contributed by atoms with Crippen LogP contribution < -0.4 is 10.6 Å². The standard InChI is InChI=1S/C38H68N2O7/c1-3-5-7-9-11-13-14-16-18-20-26-30-37(44)47-33(27-23-19-17-15-12-10-8-6-4-2)28-24-21-22-25-29-35(42)39-31-36(43)40-34(32-41)38(45)46/h15,17,23,27,33-34,41H,3-14,16,18-22,24-26,28-32H2,1-2H3,(H,39,42)(H,40,43)(H,45,46)/b17-15-,27-23-. The second-order valence-corrected chi connectivity index (χ2v) is 12.7. The second kappa shape index (κ2) is 33.2. The number of carbonyl (C=O) groups is 4. The molecule has 0 saturated carbocycles. The van der Waals surface area contributed by atoms with Crippen LogP contribution in [0.3, 0.4) is 0 Å². The molecule has 9 nitrogen and oxygen atoms in total. The van der Waals surface area contributed by atoms with Crippen molar-refractivity contribution in [2.75, 3.05) is 13.2 Å². The number of ether oxygens (including phenoxy) is 1. The first-order chi connectivity index (χ1) is 22.8.